The number of carbonyl (C=O) groups is 1. The number of ether oxygens (including phenoxy) is 1. The number of aromatic nitrogens is 2. The minimum atomic E-state index is -0.361. The number of hydrogen-bond acceptors (Lipinski definition) is 4. The molecule has 0 saturated heterocycles. The number of hydrogen-bond donors (Lipinski definition) is 1. The molecule has 2 rings (SSSR count). The number of nitrogens with one attached hydrogen (secondary N) is 1. The van der Waals surface area contributed by atoms with E-state index >= 15 is 0 Å². The van der Waals surface area contributed by atoms with Crippen molar-refractivity contribution < 1.29 is 9.53 Å². The molecule has 3 unspecified atom stereocenters. The van der Waals surface area contributed by atoms with E-state index in [2.05, 4.69) is 24.3 Å². The minimum Gasteiger partial charge on any atom is -0.378 e. The zero-order chi connectivity index (χ0) is 16.5. The normalized spacial score (nSPS) is 23.6. The van der Waals surface area contributed by atoms with E-state index < -0.39 is 0 Å². The Hall–Kier alpha value is -1.11. The zero-order valence-electron chi connectivity index (χ0n) is 14.9. The van der Waals surface area contributed by atoms with E-state index in [0.29, 0.717) is 6.61 Å². The van der Waals surface area contributed by atoms with Crippen molar-refractivity contribution >= 4 is 18.3 Å². The lowest BCUT2D eigenvalue weighted by Gasteiger charge is -2.55. The fourth-order valence-electron chi connectivity index (χ4n) is 3.38. The quantitative estimate of drug-likeness (QED) is 0.854. The Bertz CT molecular complexity index is 532. The van der Waals surface area contributed by atoms with Crippen LogP contribution in [0, 0.1) is 5.41 Å². The Morgan fingerprint density at radius 2 is 2.26 bits per heavy atom. The predicted molar refractivity (Wildman–Crippen MR) is 92.6 cm³/mol. The third-order valence-electron chi connectivity index (χ3n) is 4.90. The van der Waals surface area contributed by atoms with E-state index in [1.165, 1.54) is 0 Å². The first-order valence-electron chi connectivity index (χ1n) is 7.87. The Balaban J connectivity index is 0.00000264. The van der Waals surface area contributed by atoms with Crippen molar-refractivity contribution in [2.75, 3.05) is 20.7 Å². The molecule has 23 heavy (non-hydrogen) atoms. The molecular weight excluding hydrogens is 316 g/mol. The maximum absolute atomic E-state index is 12.9. The lowest BCUT2D eigenvalue weighted by atomic mass is 9.63. The topological polar surface area (TPSA) is 59.4 Å². The number of carbonyl (C=O) groups excluding carboxylic acids is 1. The molecule has 1 aromatic rings. The molecule has 1 aromatic heterocycles. The van der Waals surface area contributed by atoms with Crippen molar-refractivity contribution in [1.82, 2.24) is 20.0 Å². The SMILES string of the molecule is CCOC1CC(N(C)C(=O)C(NC)c2cnn(C)c2)C1(C)C.Cl. The lowest BCUT2D eigenvalue weighted by Crippen LogP contribution is -2.63. The highest BCUT2D eigenvalue weighted by molar-refractivity contribution is 5.85. The number of halogens is 1. The van der Waals surface area contributed by atoms with Gasteiger partial charge in [-0.2, -0.15) is 5.10 Å². The summed E-state index contributed by atoms with van der Waals surface area (Å²) < 4.78 is 7.47. The lowest BCUT2D eigenvalue weighted by molar-refractivity contribution is -0.164. The Morgan fingerprint density at radius 1 is 1.61 bits per heavy atom. The Kier molecular flexibility index (Phi) is 6.62. The summed E-state index contributed by atoms with van der Waals surface area (Å²) in [4.78, 5) is 14.7. The van der Waals surface area contributed by atoms with Crippen LogP contribution in [0.5, 0.6) is 0 Å². The van der Waals surface area contributed by atoms with Crippen molar-refractivity contribution in [1.29, 1.82) is 0 Å². The van der Waals surface area contributed by atoms with Crippen molar-refractivity contribution in [3.63, 3.8) is 0 Å². The molecular formula is C16H29ClN4O2. The van der Waals surface area contributed by atoms with E-state index in [4.69, 9.17) is 4.74 Å². The van der Waals surface area contributed by atoms with Gasteiger partial charge >= 0.3 is 0 Å². The molecule has 1 fully saturated rings. The highest BCUT2D eigenvalue weighted by atomic mass is 35.5. The number of nitrogens with zero attached hydrogens (tertiary/aromatic N) is 3. The Labute approximate surface area is 145 Å². The highest BCUT2D eigenvalue weighted by Crippen LogP contribution is 2.45. The first kappa shape index (κ1) is 19.9. The molecule has 1 aliphatic rings. The van der Waals surface area contributed by atoms with Gasteiger partial charge in [0.05, 0.1) is 12.3 Å². The molecule has 132 valence electrons. The smallest absolute Gasteiger partial charge is 0.244 e. The summed E-state index contributed by atoms with van der Waals surface area (Å²) in [7, 11) is 5.54. The molecule has 0 aliphatic heterocycles. The minimum absolute atomic E-state index is 0. The van der Waals surface area contributed by atoms with Gasteiger partial charge in [0.25, 0.3) is 0 Å². The Morgan fingerprint density at radius 3 is 2.70 bits per heavy atom. The van der Waals surface area contributed by atoms with Crippen LogP contribution in [0.4, 0.5) is 0 Å². The van der Waals surface area contributed by atoms with Crippen LogP contribution in [0.25, 0.3) is 0 Å². The molecule has 7 heteroatoms. The van der Waals surface area contributed by atoms with Crippen LogP contribution in [-0.2, 0) is 16.6 Å². The summed E-state index contributed by atoms with van der Waals surface area (Å²) in [6, 6.07) is -0.162. The average molecular weight is 345 g/mol. The van der Waals surface area contributed by atoms with Crippen molar-refractivity contribution in [2.24, 2.45) is 12.5 Å². The molecule has 0 radical (unpaired) electrons. The molecule has 0 spiro atoms. The van der Waals surface area contributed by atoms with E-state index in [1.807, 2.05) is 32.1 Å². The summed E-state index contributed by atoms with van der Waals surface area (Å²) in [5, 5.41) is 7.26. The summed E-state index contributed by atoms with van der Waals surface area (Å²) in [6.45, 7) is 7.07. The van der Waals surface area contributed by atoms with Gasteiger partial charge in [-0.1, -0.05) is 13.8 Å². The number of amides is 1. The second-order valence-corrected chi connectivity index (χ2v) is 6.64. The van der Waals surface area contributed by atoms with Crippen LogP contribution in [0.15, 0.2) is 12.4 Å². The maximum Gasteiger partial charge on any atom is 0.244 e. The first-order chi connectivity index (χ1) is 10.3. The number of aryl methyl sites for hydroxylation is 1. The zero-order valence-corrected chi connectivity index (χ0v) is 15.7. The van der Waals surface area contributed by atoms with Crippen LogP contribution in [0.3, 0.4) is 0 Å². The monoisotopic (exact) mass is 344 g/mol. The van der Waals surface area contributed by atoms with Crippen molar-refractivity contribution in [3.8, 4) is 0 Å². The standard InChI is InChI=1S/C16H28N4O2.ClH/c1-7-22-13-8-12(16(13,2)3)20(6)15(21)14(17-4)11-9-18-19(5)10-11;/h9-10,12-14,17H,7-8H2,1-6H3;1H. The van der Waals surface area contributed by atoms with Gasteiger partial charge in [-0.05, 0) is 20.4 Å². The molecule has 0 aromatic carbocycles. The third kappa shape index (κ3) is 3.70. The summed E-state index contributed by atoms with van der Waals surface area (Å²) in [5.41, 5.74) is 0.869. The second-order valence-electron chi connectivity index (χ2n) is 6.64. The molecule has 1 heterocycles. The molecule has 1 aliphatic carbocycles. The first-order valence-corrected chi connectivity index (χ1v) is 7.87. The molecule has 1 N–H and O–H groups in total. The molecule has 3 atom stereocenters. The average Bonchev–Trinajstić information content (AvgIpc) is 2.89. The van der Waals surface area contributed by atoms with Gasteiger partial charge in [0.2, 0.25) is 5.91 Å². The maximum atomic E-state index is 12.9. The fourth-order valence-corrected chi connectivity index (χ4v) is 3.38. The van der Waals surface area contributed by atoms with Crippen LogP contribution in [0.1, 0.15) is 38.8 Å². The van der Waals surface area contributed by atoms with Crippen LogP contribution in [-0.4, -0.2) is 53.4 Å². The molecule has 1 amide bonds. The van der Waals surface area contributed by atoms with Gasteiger partial charge in [0.1, 0.15) is 6.04 Å². The van der Waals surface area contributed by atoms with Gasteiger partial charge in [0, 0.05) is 43.9 Å². The van der Waals surface area contributed by atoms with E-state index in [9.17, 15) is 4.79 Å². The number of likely N-dealkylation sites (N-methyl/N-ethyl adjacent to an activating group) is 2. The third-order valence-corrected chi connectivity index (χ3v) is 4.90. The van der Waals surface area contributed by atoms with Crippen LogP contribution in [0.2, 0.25) is 0 Å². The highest BCUT2D eigenvalue weighted by Gasteiger charge is 2.52. The van der Waals surface area contributed by atoms with E-state index in [-0.39, 0.29) is 41.9 Å². The predicted octanol–water partition coefficient (Wildman–Crippen LogP) is 1.76. The van der Waals surface area contributed by atoms with Gasteiger partial charge in [-0.25, -0.2) is 0 Å². The van der Waals surface area contributed by atoms with Gasteiger partial charge in [-0.15, -0.1) is 12.4 Å². The van der Waals surface area contributed by atoms with Gasteiger partial charge in [0.15, 0.2) is 0 Å². The molecule has 0 bridgehead atoms. The van der Waals surface area contributed by atoms with Crippen molar-refractivity contribution in [3.05, 3.63) is 18.0 Å². The van der Waals surface area contributed by atoms with Crippen LogP contribution >= 0.6 is 12.4 Å². The van der Waals surface area contributed by atoms with Crippen LogP contribution < -0.4 is 5.32 Å². The van der Waals surface area contributed by atoms with Gasteiger partial charge in [-0.3, -0.25) is 9.48 Å². The summed E-state index contributed by atoms with van der Waals surface area (Å²) >= 11 is 0. The summed E-state index contributed by atoms with van der Waals surface area (Å²) in [5.74, 6) is 0.0727. The summed E-state index contributed by atoms with van der Waals surface area (Å²) in [6.07, 6.45) is 4.74. The molecule has 6 nitrogen and oxygen atoms in total. The van der Waals surface area contributed by atoms with Crippen molar-refractivity contribution in [2.45, 2.75) is 45.4 Å². The van der Waals surface area contributed by atoms with Gasteiger partial charge < -0.3 is 15.0 Å². The second kappa shape index (κ2) is 7.64. The molecule has 1 saturated carbocycles. The largest absolute Gasteiger partial charge is 0.378 e. The van der Waals surface area contributed by atoms with E-state index in [0.717, 1.165) is 12.0 Å². The fraction of sp³-hybridized carbons (Fsp3) is 0.750. The van der Waals surface area contributed by atoms with E-state index in [1.54, 1.807) is 17.9 Å². The number of rotatable bonds is 6.